The molecule has 19 heavy (non-hydrogen) atoms. The van der Waals surface area contributed by atoms with Crippen LogP contribution in [0.25, 0.3) is 0 Å². The van der Waals surface area contributed by atoms with Gasteiger partial charge in [-0.1, -0.05) is 24.3 Å². The highest BCUT2D eigenvalue weighted by atomic mass is 15.2. The van der Waals surface area contributed by atoms with Crippen molar-refractivity contribution in [1.29, 1.82) is 5.26 Å². The van der Waals surface area contributed by atoms with Crippen molar-refractivity contribution in [2.24, 2.45) is 0 Å². The van der Waals surface area contributed by atoms with Gasteiger partial charge in [-0.25, -0.2) is 0 Å². The van der Waals surface area contributed by atoms with Crippen molar-refractivity contribution >= 4 is 0 Å². The first-order valence-corrected chi connectivity index (χ1v) is 7.18. The molecule has 2 nitrogen and oxygen atoms in total. The maximum atomic E-state index is 9.43. The molecule has 0 aliphatic rings. The average molecular weight is 258 g/mol. The van der Waals surface area contributed by atoms with Crippen molar-refractivity contribution in [2.75, 3.05) is 6.54 Å². The van der Waals surface area contributed by atoms with E-state index in [9.17, 15) is 5.26 Å². The lowest BCUT2D eigenvalue weighted by atomic mass is 9.93. The molecular formula is C17H26N2. The van der Waals surface area contributed by atoms with Gasteiger partial charge in [-0.05, 0) is 52.2 Å². The lowest BCUT2D eigenvalue weighted by Gasteiger charge is -2.31. The van der Waals surface area contributed by atoms with Crippen LogP contribution < -0.4 is 0 Å². The predicted molar refractivity (Wildman–Crippen MR) is 81.1 cm³/mol. The fraction of sp³-hybridized carbons (Fsp3) is 0.588. The fourth-order valence-electron chi connectivity index (χ4n) is 2.66. The maximum Gasteiger partial charge on any atom is 0.0727 e. The third-order valence-electron chi connectivity index (χ3n) is 3.72. The van der Waals surface area contributed by atoms with Crippen LogP contribution in [-0.2, 0) is 0 Å². The first kappa shape index (κ1) is 15.7. The summed E-state index contributed by atoms with van der Waals surface area (Å²) >= 11 is 0. The second-order valence-electron chi connectivity index (χ2n) is 5.75. The average Bonchev–Trinajstić information content (AvgIpc) is 2.35. The molecule has 1 rings (SSSR count). The Morgan fingerprint density at radius 3 is 2.16 bits per heavy atom. The Hall–Kier alpha value is -1.33. The van der Waals surface area contributed by atoms with Gasteiger partial charge in [0.25, 0.3) is 0 Å². The monoisotopic (exact) mass is 258 g/mol. The topological polar surface area (TPSA) is 27.0 Å². The molecule has 0 saturated carbocycles. The van der Waals surface area contributed by atoms with Crippen LogP contribution in [0.15, 0.2) is 24.3 Å². The van der Waals surface area contributed by atoms with Crippen LogP contribution in [0.5, 0.6) is 0 Å². The minimum atomic E-state index is 0.00111. The molecule has 0 heterocycles. The second kappa shape index (κ2) is 7.31. The minimum Gasteiger partial charge on any atom is -0.298 e. The second-order valence-corrected chi connectivity index (χ2v) is 5.75. The van der Waals surface area contributed by atoms with E-state index >= 15 is 0 Å². The van der Waals surface area contributed by atoms with Crippen LogP contribution in [0.4, 0.5) is 0 Å². The Labute approximate surface area is 118 Å². The molecule has 0 aliphatic heterocycles. The van der Waals surface area contributed by atoms with Gasteiger partial charge in [-0.2, -0.15) is 5.26 Å². The zero-order valence-corrected chi connectivity index (χ0v) is 12.9. The lowest BCUT2D eigenvalue weighted by Crippen LogP contribution is -2.38. The summed E-state index contributed by atoms with van der Waals surface area (Å²) in [6.45, 7) is 11.9. The van der Waals surface area contributed by atoms with E-state index < -0.39 is 0 Å². The van der Waals surface area contributed by atoms with Crippen molar-refractivity contribution in [3.05, 3.63) is 35.4 Å². The van der Waals surface area contributed by atoms with Crippen LogP contribution in [0.3, 0.4) is 0 Å². The summed E-state index contributed by atoms with van der Waals surface area (Å²) in [5.74, 6) is 0.00111. The Morgan fingerprint density at radius 2 is 1.68 bits per heavy atom. The van der Waals surface area contributed by atoms with Gasteiger partial charge in [0.15, 0.2) is 0 Å². The standard InChI is InChI=1S/C17H26N2/c1-13(2)19(14(3)4)11-10-16(12-18)17-9-7-6-8-15(17)5/h6-9,13-14,16H,10-11H2,1-5H3/t16-/m1/s1. The molecule has 0 bridgehead atoms. The van der Waals surface area contributed by atoms with Gasteiger partial charge in [0, 0.05) is 18.6 Å². The van der Waals surface area contributed by atoms with E-state index in [1.54, 1.807) is 0 Å². The quantitative estimate of drug-likeness (QED) is 0.767. The highest BCUT2D eigenvalue weighted by Crippen LogP contribution is 2.23. The molecule has 0 N–H and O–H groups in total. The number of nitrogens with zero attached hydrogens (tertiary/aromatic N) is 2. The third kappa shape index (κ3) is 4.36. The number of nitriles is 1. The summed E-state index contributed by atoms with van der Waals surface area (Å²) in [5.41, 5.74) is 2.40. The first-order chi connectivity index (χ1) is 8.97. The van der Waals surface area contributed by atoms with Crippen molar-refractivity contribution < 1.29 is 0 Å². The third-order valence-corrected chi connectivity index (χ3v) is 3.72. The molecule has 0 unspecified atom stereocenters. The van der Waals surface area contributed by atoms with E-state index in [1.807, 2.05) is 12.1 Å². The van der Waals surface area contributed by atoms with Crippen LogP contribution in [0, 0.1) is 18.3 Å². The van der Waals surface area contributed by atoms with Crippen molar-refractivity contribution in [3.8, 4) is 6.07 Å². The molecule has 0 saturated heterocycles. The van der Waals surface area contributed by atoms with Gasteiger partial charge in [0.05, 0.1) is 12.0 Å². The van der Waals surface area contributed by atoms with E-state index in [0.29, 0.717) is 12.1 Å². The molecule has 0 spiro atoms. The van der Waals surface area contributed by atoms with Crippen LogP contribution in [-0.4, -0.2) is 23.5 Å². The summed E-state index contributed by atoms with van der Waals surface area (Å²) in [6, 6.07) is 11.7. The SMILES string of the molecule is Cc1ccccc1[C@@H](C#N)CCN(C(C)C)C(C)C. The highest BCUT2D eigenvalue weighted by Gasteiger charge is 2.18. The molecule has 2 heteroatoms. The Kier molecular flexibility index (Phi) is 6.05. The highest BCUT2D eigenvalue weighted by molar-refractivity contribution is 5.32. The maximum absolute atomic E-state index is 9.43. The number of rotatable bonds is 6. The predicted octanol–water partition coefficient (Wildman–Crippen LogP) is 4.11. The molecule has 1 aromatic carbocycles. The van der Waals surface area contributed by atoms with E-state index in [2.05, 4.69) is 57.7 Å². The van der Waals surface area contributed by atoms with Gasteiger partial charge in [-0.3, -0.25) is 4.90 Å². The smallest absolute Gasteiger partial charge is 0.0727 e. The zero-order valence-electron chi connectivity index (χ0n) is 12.9. The van der Waals surface area contributed by atoms with Gasteiger partial charge in [-0.15, -0.1) is 0 Å². The summed E-state index contributed by atoms with van der Waals surface area (Å²) in [6.07, 6.45) is 0.901. The number of aryl methyl sites for hydroxylation is 1. The minimum absolute atomic E-state index is 0.00111. The Balaban J connectivity index is 2.74. The summed E-state index contributed by atoms with van der Waals surface area (Å²) < 4.78 is 0. The molecule has 1 atom stereocenters. The number of hydrogen-bond acceptors (Lipinski definition) is 2. The lowest BCUT2D eigenvalue weighted by molar-refractivity contribution is 0.171. The fourth-order valence-corrected chi connectivity index (χ4v) is 2.66. The molecule has 0 aromatic heterocycles. The zero-order chi connectivity index (χ0) is 14.4. The van der Waals surface area contributed by atoms with Gasteiger partial charge >= 0.3 is 0 Å². The van der Waals surface area contributed by atoms with E-state index in [0.717, 1.165) is 13.0 Å². The van der Waals surface area contributed by atoms with Crippen molar-refractivity contribution in [3.63, 3.8) is 0 Å². The molecule has 104 valence electrons. The van der Waals surface area contributed by atoms with Gasteiger partial charge in [0.2, 0.25) is 0 Å². The van der Waals surface area contributed by atoms with Crippen LogP contribution in [0.1, 0.15) is 51.2 Å². The van der Waals surface area contributed by atoms with Crippen LogP contribution >= 0.6 is 0 Å². The molecule has 0 fully saturated rings. The van der Waals surface area contributed by atoms with E-state index in [-0.39, 0.29) is 5.92 Å². The number of hydrogen-bond donors (Lipinski definition) is 0. The van der Waals surface area contributed by atoms with Crippen LogP contribution in [0.2, 0.25) is 0 Å². The van der Waals surface area contributed by atoms with Gasteiger partial charge < -0.3 is 0 Å². The largest absolute Gasteiger partial charge is 0.298 e. The van der Waals surface area contributed by atoms with Crippen molar-refractivity contribution in [2.45, 2.75) is 59.0 Å². The molecular weight excluding hydrogens is 232 g/mol. The van der Waals surface area contributed by atoms with E-state index in [4.69, 9.17) is 0 Å². The number of benzene rings is 1. The van der Waals surface area contributed by atoms with Crippen molar-refractivity contribution in [1.82, 2.24) is 4.90 Å². The summed E-state index contributed by atoms with van der Waals surface area (Å²) in [7, 11) is 0. The molecule has 1 aromatic rings. The summed E-state index contributed by atoms with van der Waals surface area (Å²) in [5, 5.41) is 9.43. The normalized spacial score (nSPS) is 13.0. The van der Waals surface area contributed by atoms with Gasteiger partial charge in [0.1, 0.15) is 0 Å². The molecule has 0 amide bonds. The Bertz CT molecular complexity index is 421. The van der Waals surface area contributed by atoms with E-state index in [1.165, 1.54) is 11.1 Å². The Morgan fingerprint density at radius 1 is 1.11 bits per heavy atom. The first-order valence-electron chi connectivity index (χ1n) is 7.18. The molecule has 0 radical (unpaired) electrons. The molecule has 0 aliphatic carbocycles. The summed E-state index contributed by atoms with van der Waals surface area (Å²) in [4.78, 5) is 2.45.